The lowest BCUT2D eigenvalue weighted by Crippen LogP contribution is -2.42. The molecule has 1 aromatic heterocycles. The van der Waals surface area contributed by atoms with E-state index in [2.05, 4.69) is 10.3 Å². The number of aromatic nitrogens is 1. The number of aliphatic carboxylic acids is 2. The van der Waals surface area contributed by atoms with Gasteiger partial charge in [0.05, 0.1) is 6.42 Å². The summed E-state index contributed by atoms with van der Waals surface area (Å²) < 4.78 is 0. The summed E-state index contributed by atoms with van der Waals surface area (Å²) in [5.41, 5.74) is 0.760. The average Bonchev–Trinajstić information content (AvgIpc) is 2.36. The van der Waals surface area contributed by atoms with E-state index < -0.39 is 30.3 Å². The maximum atomic E-state index is 12.0. The van der Waals surface area contributed by atoms with Gasteiger partial charge in [0.25, 0.3) is 5.91 Å². The van der Waals surface area contributed by atoms with Crippen LogP contribution in [0.2, 0.25) is 5.15 Å². The fourth-order valence-electron chi connectivity index (χ4n) is 1.68. The monoisotopic (exact) mass is 314 g/mol. The Morgan fingerprint density at radius 2 is 2.00 bits per heavy atom. The summed E-state index contributed by atoms with van der Waals surface area (Å²) in [6.07, 6.45) is 0.727. The van der Waals surface area contributed by atoms with Gasteiger partial charge in [-0.2, -0.15) is 0 Å². The Bertz CT molecular complexity index is 561. The number of carboxylic acids is 2. The smallest absolute Gasteiger partial charge is 0.326 e. The number of hydrogen-bond donors (Lipinski definition) is 3. The minimum Gasteiger partial charge on any atom is -0.481 e. The van der Waals surface area contributed by atoms with Gasteiger partial charge in [0.15, 0.2) is 0 Å². The lowest BCUT2D eigenvalue weighted by molar-refractivity contribution is -0.145. The zero-order valence-electron chi connectivity index (χ0n) is 11.3. The van der Waals surface area contributed by atoms with Crippen molar-refractivity contribution in [3.05, 3.63) is 28.5 Å². The highest BCUT2D eigenvalue weighted by Gasteiger charge is 2.23. The van der Waals surface area contributed by atoms with E-state index >= 15 is 0 Å². The van der Waals surface area contributed by atoms with Crippen molar-refractivity contribution in [2.45, 2.75) is 32.2 Å². The van der Waals surface area contributed by atoms with Gasteiger partial charge in [-0.25, -0.2) is 9.78 Å². The van der Waals surface area contributed by atoms with Crippen LogP contribution in [0.1, 0.15) is 35.8 Å². The minimum atomic E-state index is -1.50. The molecule has 0 radical (unpaired) electrons. The topological polar surface area (TPSA) is 117 Å². The molecule has 0 saturated carbocycles. The van der Waals surface area contributed by atoms with E-state index in [0.29, 0.717) is 12.1 Å². The molecule has 0 aliphatic carbocycles. The number of hydrogen-bond acceptors (Lipinski definition) is 4. The van der Waals surface area contributed by atoms with Crippen molar-refractivity contribution in [3.8, 4) is 0 Å². The molecule has 0 aliphatic heterocycles. The molecule has 0 spiro atoms. The molecule has 0 aromatic carbocycles. The summed E-state index contributed by atoms with van der Waals surface area (Å²) in [5, 5.41) is 19.8. The summed E-state index contributed by atoms with van der Waals surface area (Å²) in [7, 11) is 0. The second-order valence-corrected chi connectivity index (χ2v) is 4.77. The van der Waals surface area contributed by atoms with Crippen LogP contribution >= 0.6 is 11.6 Å². The van der Waals surface area contributed by atoms with Gasteiger partial charge in [0.1, 0.15) is 11.2 Å². The van der Waals surface area contributed by atoms with Crippen LogP contribution in [0, 0.1) is 0 Å². The van der Waals surface area contributed by atoms with Gasteiger partial charge in [0, 0.05) is 11.3 Å². The quantitative estimate of drug-likeness (QED) is 0.654. The van der Waals surface area contributed by atoms with Crippen molar-refractivity contribution in [2.75, 3.05) is 0 Å². The first kappa shape index (κ1) is 16.9. The van der Waals surface area contributed by atoms with Crippen LogP contribution < -0.4 is 5.32 Å². The third-order valence-electron chi connectivity index (χ3n) is 2.60. The summed E-state index contributed by atoms with van der Waals surface area (Å²) in [6.45, 7) is 1.94. The Labute approximate surface area is 125 Å². The fraction of sp³-hybridized carbons (Fsp3) is 0.385. The van der Waals surface area contributed by atoms with Crippen molar-refractivity contribution >= 4 is 29.4 Å². The Morgan fingerprint density at radius 3 is 2.52 bits per heavy atom. The number of carboxylic acid groups (broad SMARTS) is 2. The van der Waals surface area contributed by atoms with Gasteiger partial charge in [-0.3, -0.25) is 9.59 Å². The molecule has 1 rings (SSSR count). The largest absolute Gasteiger partial charge is 0.481 e. The van der Waals surface area contributed by atoms with Gasteiger partial charge in [-0.15, -0.1) is 0 Å². The van der Waals surface area contributed by atoms with Gasteiger partial charge in [-0.1, -0.05) is 24.9 Å². The minimum absolute atomic E-state index is 0.121. The molecule has 0 aliphatic rings. The van der Waals surface area contributed by atoms with Crippen LogP contribution in [0.5, 0.6) is 0 Å². The maximum Gasteiger partial charge on any atom is 0.326 e. The average molecular weight is 315 g/mol. The van der Waals surface area contributed by atoms with E-state index in [1.807, 2.05) is 6.92 Å². The molecule has 7 nitrogen and oxygen atoms in total. The Balaban J connectivity index is 2.91. The standard InChI is InChI=1S/C13H15ClN2O5/c1-2-3-8-4-7(5-10(14)15-8)12(19)16-9(13(20)21)6-11(17)18/h4-5,9H,2-3,6H2,1H3,(H,16,19)(H,17,18)(H,20,21)/t9-/m0/s1. The van der Waals surface area contributed by atoms with Crippen molar-refractivity contribution in [3.63, 3.8) is 0 Å². The molecule has 0 saturated heterocycles. The van der Waals surface area contributed by atoms with Crippen molar-refractivity contribution in [1.82, 2.24) is 10.3 Å². The zero-order valence-corrected chi connectivity index (χ0v) is 12.1. The molecule has 21 heavy (non-hydrogen) atoms. The first-order chi connectivity index (χ1) is 9.83. The molecule has 1 atom stereocenters. The molecule has 1 amide bonds. The van der Waals surface area contributed by atoms with Crippen LogP contribution in [-0.2, 0) is 16.0 Å². The van der Waals surface area contributed by atoms with Crippen molar-refractivity contribution in [2.24, 2.45) is 0 Å². The molecule has 0 fully saturated rings. The number of halogens is 1. The maximum absolute atomic E-state index is 12.0. The Morgan fingerprint density at radius 1 is 1.33 bits per heavy atom. The van der Waals surface area contributed by atoms with Gasteiger partial charge in [0.2, 0.25) is 0 Å². The molecule has 8 heteroatoms. The number of carbonyl (C=O) groups excluding carboxylic acids is 1. The number of amides is 1. The number of pyridine rings is 1. The molecule has 3 N–H and O–H groups in total. The van der Waals surface area contributed by atoms with Crippen molar-refractivity contribution in [1.29, 1.82) is 0 Å². The Kier molecular flexibility index (Phi) is 6.10. The van der Waals surface area contributed by atoms with Crippen LogP contribution in [0.3, 0.4) is 0 Å². The molecular formula is C13H15ClN2O5. The third-order valence-corrected chi connectivity index (χ3v) is 2.79. The first-order valence-electron chi connectivity index (χ1n) is 6.25. The van der Waals surface area contributed by atoms with E-state index in [0.717, 1.165) is 6.42 Å². The van der Waals surface area contributed by atoms with E-state index in [9.17, 15) is 14.4 Å². The Hall–Kier alpha value is -2.15. The number of aryl methyl sites for hydroxylation is 1. The number of rotatable bonds is 7. The predicted octanol–water partition coefficient (Wildman–Crippen LogP) is 1.35. The second-order valence-electron chi connectivity index (χ2n) is 4.38. The molecular weight excluding hydrogens is 300 g/mol. The van der Waals surface area contributed by atoms with E-state index in [1.54, 1.807) is 0 Å². The van der Waals surface area contributed by atoms with Crippen molar-refractivity contribution < 1.29 is 24.6 Å². The van der Waals surface area contributed by atoms with E-state index in [1.165, 1.54) is 12.1 Å². The van der Waals surface area contributed by atoms with Gasteiger partial charge < -0.3 is 15.5 Å². The first-order valence-corrected chi connectivity index (χ1v) is 6.63. The van der Waals surface area contributed by atoms with Gasteiger partial charge in [-0.05, 0) is 18.6 Å². The highest BCUT2D eigenvalue weighted by Crippen LogP contribution is 2.13. The zero-order chi connectivity index (χ0) is 16.0. The lowest BCUT2D eigenvalue weighted by atomic mass is 10.1. The molecule has 114 valence electrons. The molecule has 0 unspecified atom stereocenters. The normalized spacial score (nSPS) is 11.7. The van der Waals surface area contributed by atoms with Crippen LogP contribution in [0.25, 0.3) is 0 Å². The van der Waals surface area contributed by atoms with Crippen LogP contribution in [0.4, 0.5) is 0 Å². The predicted molar refractivity (Wildman–Crippen MR) is 74.4 cm³/mol. The molecule has 1 heterocycles. The number of nitrogens with one attached hydrogen (secondary N) is 1. The highest BCUT2D eigenvalue weighted by molar-refractivity contribution is 6.29. The van der Waals surface area contributed by atoms with Crippen LogP contribution in [-0.4, -0.2) is 39.1 Å². The third kappa shape index (κ3) is 5.39. The number of carbonyl (C=O) groups is 3. The second kappa shape index (κ2) is 7.58. The molecule has 0 bridgehead atoms. The summed E-state index contributed by atoms with van der Waals surface area (Å²) >= 11 is 5.81. The SMILES string of the molecule is CCCc1cc(C(=O)N[C@@H](CC(=O)O)C(=O)O)cc(Cl)n1. The van der Waals surface area contributed by atoms with E-state index in [4.69, 9.17) is 21.8 Å². The molecule has 1 aromatic rings. The lowest BCUT2D eigenvalue weighted by Gasteiger charge is -2.13. The highest BCUT2D eigenvalue weighted by atomic mass is 35.5. The van der Waals surface area contributed by atoms with E-state index in [-0.39, 0.29) is 10.7 Å². The summed E-state index contributed by atoms with van der Waals surface area (Å²) in [6, 6.07) is 1.30. The summed E-state index contributed by atoms with van der Waals surface area (Å²) in [4.78, 5) is 37.5. The number of nitrogens with zero attached hydrogens (tertiary/aromatic N) is 1. The van der Waals surface area contributed by atoms with Crippen LogP contribution in [0.15, 0.2) is 12.1 Å². The van der Waals surface area contributed by atoms with Gasteiger partial charge >= 0.3 is 11.9 Å². The fourth-order valence-corrected chi connectivity index (χ4v) is 1.91. The summed E-state index contributed by atoms with van der Waals surface area (Å²) in [5.74, 6) is -3.44.